The van der Waals surface area contributed by atoms with Gasteiger partial charge in [-0.1, -0.05) is 13.3 Å². The molecule has 0 bridgehead atoms. The molecule has 0 spiro atoms. The summed E-state index contributed by atoms with van der Waals surface area (Å²) in [5, 5.41) is 6.58. The molecule has 2 fully saturated rings. The second-order valence-electron chi connectivity index (χ2n) is 5.89. The summed E-state index contributed by atoms with van der Waals surface area (Å²) in [6.07, 6.45) is 5.60. The Bertz CT molecular complexity index is 274. The summed E-state index contributed by atoms with van der Waals surface area (Å²) in [4.78, 5) is 14.6. The van der Waals surface area contributed by atoms with Crippen molar-refractivity contribution in [3.05, 3.63) is 0 Å². The van der Waals surface area contributed by atoms with Gasteiger partial charge in [0, 0.05) is 6.04 Å². The van der Waals surface area contributed by atoms with Gasteiger partial charge in [0.05, 0.1) is 6.04 Å². The van der Waals surface area contributed by atoms with Crippen LogP contribution in [0.2, 0.25) is 0 Å². The summed E-state index contributed by atoms with van der Waals surface area (Å²) in [5.74, 6) is 0.946. The predicted molar refractivity (Wildman–Crippen MR) is 73.5 cm³/mol. The van der Waals surface area contributed by atoms with E-state index >= 15 is 0 Å². The normalized spacial score (nSPS) is 31.2. The van der Waals surface area contributed by atoms with E-state index in [1.165, 1.54) is 12.8 Å². The molecule has 0 aromatic rings. The van der Waals surface area contributed by atoms with Crippen LogP contribution in [0.25, 0.3) is 0 Å². The van der Waals surface area contributed by atoms with Gasteiger partial charge in [-0.05, 0) is 58.3 Å². The quantitative estimate of drug-likeness (QED) is 0.788. The lowest BCUT2D eigenvalue weighted by molar-refractivity contribution is -0.125. The zero-order chi connectivity index (χ0) is 13.0. The van der Waals surface area contributed by atoms with Crippen molar-refractivity contribution in [3.63, 3.8) is 0 Å². The standard InChI is InChI=1S/C14H27N3O/c1-3-11-4-7-15-13(10-11)14(18)16-12-5-8-17(2)9-6-12/h11-13,15H,3-10H2,1-2H3,(H,16,18). The minimum Gasteiger partial charge on any atom is -0.352 e. The molecular formula is C14H27N3O. The summed E-state index contributed by atoms with van der Waals surface area (Å²) < 4.78 is 0. The van der Waals surface area contributed by atoms with E-state index in [0.29, 0.717) is 6.04 Å². The zero-order valence-corrected chi connectivity index (χ0v) is 11.7. The van der Waals surface area contributed by atoms with Gasteiger partial charge in [0.1, 0.15) is 0 Å². The molecule has 104 valence electrons. The van der Waals surface area contributed by atoms with E-state index in [0.717, 1.165) is 44.8 Å². The first-order valence-electron chi connectivity index (χ1n) is 7.41. The Morgan fingerprint density at radius 1 is 1.33 bits per heavy atom. The Labute approximate surface area is 110 Å². The van der Waals surface area contributed by atoms with E-state index in [1.54, 1.807) is 0 Å². The highest BCUT2D eigenvalue weighted by atomic mass is 16.2. The van der Waals surface area contributed by atoms with Gasteiger partial charge < -0.3 is 15.5 Å². The fourth-order valence-electron chi connectivity index (χ4n) is 3.02. The topological polar surface area (TPSA) is 44.4 Å². The molecule has 2 heterocycles. The molecule has 4 nitrogen and oxygen atoms in total. The number of piperidine rings is 2. The molecule has 0 aliphatic carbocycles. The average Bonchev–Trinajstić information content (AvgIpc) is 2.41. The predicted octanol–water partition coefficient (Wildman–Crippen LogP) is 0.975. The first-order chi connectivity index (χ1) is 8.69. The summed E-state index contributed by atoms with van der Waals surface area (Å²) in [6, 6.07) is 0.431. The van der Waals surface area contributed by atoms with Crippen LogP contribution in [0.3, 0.4) is 0 Å². The van der Waals surface area contributed by atoms with Crippen LogP contribution in [-0.4, -0.2) is 49.6 Å². The van der Waals surface area contributed by atoms with Gasteiger partial charge in [-0.15, -0.1) is 0 Å². The van der Waals surface area contributed by atoms with Crippen molar-refractivity contribution in [1.29, 1.82) is 0 Å². The minimum atomic E-state index is 0.0448. The maximum atomic E-state index is 12.2. The Balaban J connectivity index is 1.77. The van der Waals surface area contributed by atoms with Crippen LogP contribution in [0, 0.1) is 5.92 Å². The lowest BCUT2D eigenvalue weighted by Gasteiger charge is -2.33. The Morgan fingerprint density at radius 2 is 2.06 bits per heavy atom. The van der Waals surface area contributed by atoms with Crippen molar-refractivity contribution in [2.24, 2.45) is 5.92 Å². The molecule has 0 saturated carbocycles. The SMILES string of the molecule is CCC1CCNC(C(=O)NC2CCN(C)CC2)C1. The molecule has 18 heavy (non-hydrogen) atoms. The molecule has 0 aromatic carbocycles. The first-order valence-corrected chi connectivity index (χ1v) is 7.41. The van der Waals surface area contributed by atoms with Gasteiger partial charge >= 0.3 is 0 Å². The van der Waals surface area contributed by atoms with Gasteiger partial charge in [-0.3, -0.25) is 4.79 Å². The van der Waals surface area contributed by atoms with Crippen LogP contribution in [0.5, 0.6) is 0 Å². The van der Waals surface area contributed by atoms with Crippen molar-refractivity contribution in [3.8, 4) is 0 Å². The van der Waals surface area contributed by atoms with E-state index in [1.807, 2.05) is 0 Å². The molecule has 0 aromatic heterocycles. The molecule has 4 heteroatoms. The molecule has 2 aliphatic rings. The monoisotopic (exact) mass is 253 g/mol. The third kappa shape index (κ3) is 3.69. The number of amides is 1. The minimum absolute atomic E-state index is 0.0448. The maximum absolute atomic E-state index is 12.2. The van der Waals surface area contributed by atoms with Crippen LogP contribution >= 0.6 is 0 Å². The summed E-state index contributed by atoms with van der Waals surface area (Å²) in [7, 11) is 2.15. The van der Waals surface area contributed by atoms with E-state index < -0.39 is 0 Å². The van der Waals surface area contributed by atoms with Crippen LogP contribution in [0.4, 0.5) is 0 Å². The second kappa shape index (κ2) is 6.53. The highest BCUT2D eigenvalue weighted by Gasteiger charge is 2.28. The Morgan fingerprint density at radius 3 is 2.72 bits per heavy atom. The molecule has 2 atom stereocenters. The van der Waals surface area contributed by atoms with Gasteiger partial charge in [-0.2, -0.15) is 0 Å². The van der Waals surface area contributed by atoms with Crippen LogP contribution < -0.4 is 10.6 Å². The molecule has 2 rings (SSSR count). The number of hydrogen-bond acceptors (Lipinski definition) is 3. The molecular weight excluding hydrogens is 226 g/mol. The molecule has 2 saturated heterocycles. The lowest BCUT2D eigenvalue weighted by Crippen LogP contribution is -2.52. The van der Waals surface area contributed by atoms with Crippen LogP contribution in [0.15, 0.2) is 0 Å². The molecule has 2 N–H and O–H groups in total. The molecule has 1 amide bonds. The van der Waals surface area contributed by atoms with Gasteiger partial charge in [0.2, 0.25) is 5.91 Å². The number of nitrogens with zero attached hydrogens (tertiary/aromatic N) is 1. The number of nitrogens with one attached hydrogen (secondary N) is 2. The van der Waals surface area contributed by atoms with Gasteiger partial charge in [0.25, 0.3) is 0 Å². The lowest BCUT2D eigenvalue weighted by atomic mass is 9.90. The third-order valence-electron chi connectivity index (χ3n) is 4.47. The highest BCUT2D eigenvalue weighted by Crippen LogP contribution is 2.19. The first kappa shape index (κ1) is 13.8. The van der Waals surface area contributed by atoms with Crippen molar-refractivity contribution in [2.45, 2.75) is 51.1 Å². The summed E-state index contributed by atoms with van der Waals surface area (Å²) in [6.45, 7) is 5.41. The Hall–Kier alpha value is -0.610. The second-order valence-corrected chi connectivity index (χ2v) is 5.89. The van der Waals surface area contributed by atoms with E-state index in [4.69, 9.17) is 0 Å². The van der Waals surface area contributed by atoms with Crippen molar-refractivity contribution in [1.82, 2.24) is 15.5 Å². The fourth-order valence-corrected chi connectivity index (χ4v) is 3.02. The highest BCUT2D eigenvalue weighted by molar-refractivity contribution is 5.82. The number of likely N-dealkylation sites (tertiary alicyclic amines) is 1. The van der Waals surface area contributed by atoms with E-state index in [9.17, 15) is 4.79 Å². The summed E-state index contributed by atoms with van der Waals surface area (Å²) in [5.41, 5.74) is 0. The zero-order valence-electron chi connectivity index (χ0n) is 11.7. The van der Waals surface area contributed by atoms with Gasteiger partial charge in [0.15, 0.2) is 0 Å². The average molecular weight is 253 g/mol. The number of carbonyl (C=O) groups excluding carboxylic acids is 1. The maximum Gasteiger partial charge on any atom is 0.237 e. The number of rotatable bonds is 3. The Kier molecular flexibility index (Phi) is 5.01. The molecule has 2 unspecified atom stereocenters. The van der Waals surface area contributed by atoms with Crippen LogP contribution in [0.1, 0.15) is 39.0 Å². The van der Waals surface area contributed by atoms with E-state index in [-0.39, 0.29) is 11.9 Å². The summed E-state index contributed by atoms with van der Waals surface area (Å²) >= 11 is 0. The number of hydrogen-bond donors (Lipinski definition) is 2. The van der Waals surface area contributed by atoms with E-state index in [2.05, 4.69) is 29.5 Å². The molecule has 0 radical (unpaired) electrons. The van der Waals surface area contributed by atoms with Crippen molar-refractivity contribution < 1.29 is 4.79 Å². The van der Waals surface area contributed by atoms with Crippen LogP contribution in [-0.2, 0) is 4.79 Å². The largest absolute Gasteiger partial charge is 0.352 e. The third-order valence-corrected chi connectivity index (χ3v) is 4.47. The molecule has 2 aliphatic heterocycles. The van der Waals surface area contributed by atoms with Gasteiger partial charge in [-0.25, -0.2) is 0 Å². The number of carbonyl (C=O) groups is 1. The van der Waals surface area contributed by atoms with Crippen molar-refractivity contribution in [2.75, 3.05) is 26.7 Å². The van der Waals surface area contributed by atoms with Crippen molar-refractivity contribution >= 4 is 5.91 Å². The smallest absolute Gasteiger partial charge is 0.237 e. The fraction of sp³-hybridized carbons (Fsp3) is 0.929.